The highest BCUT2D eigenvalue weighted by atomic mass is 16.6. The van der Waals surface area contributed by atoms with Crippen molar-refractivity contribution in [2.45, 2.75) is 6.92 Å². The lowest BCUT2D eigenvalue weighted by Crippen LogP contribution is -2.24. The van der Waals surface area contributed by atoms with Crippen LogP contribution in [-0.4, -0.2) is 38.4 Å². The van der Waals surface area contributed by atoms with Crippen LogP contribution in [0.3, 0.4) is 0 Å². The van der Waals surface area contributed by atoms with Gasteiger partial charge in [0.05, 0.1) is 25.5 Å². The molecule has 3 rings (SSSR count). The smallest absolute Gasteiger partial charge is 0.343 e. The Morgan fingerprint density at radius 1 is 0.879 bits per heavy atom. The summed E-state index contributed by atoms with van der Waals surface area (Å²) >= 11 is 0. The van der Waals surface area contributed by atoms with Gasteiger partial charge >= 0.3 is 5.97 Å². The molecule has 170 valence electrons. The van der Waals surface area contributed by atoms with Crippen LogP contribution in [-0.2, 0) is 4.79 Å². The Labute approximate surface area is 191 Å². The maximum atomic E-state index is 12.3. The van der Waals surface area contributed by atoms with E-state index in [9.17, 15) is 9.59 Å². The molecule has 8 nitrogen and oxygen atoms in total. The van der Waals surface area contributed by atoms with E-state index in [-0.39, 0.29) is 12.4 Å². The zero-order chi connectivity index (χ0) is 23.5. The van der Waals surface area contributed by atoms with Crippen molar-refractivity contribution in [3.8, 4) is 23.0 Å². The topological polar surface area (TPSA) is 95.5 Å². The Balaban J connectivity index is 1.59. The fourth-order valence-corrected chi connectivity index (χ4v) is 2.78. The first-order chi connectivity index (χ1) is 16.1. The first-order valence-corrected chi connectivity index (χ1v) is 10.2. The number of hydrazone groups is 1. The predicted molar refractivity (Wildman–Crippen MR) is 123 cm³/mol. The lowest BCUT2D eigenvalue weighted by molar-refractivity contribution is -0.123. The van der Waals surface area contributed by atoms with E-state index < -0.39 is 11.9 Å². The Bertz CT molecular complexity index is 1110. The molecular formula is C25H24N2O6. The lowest BCUT2D eigenvalue weighted by Gasteiger charge is -2.11. The Morgan fingerprint density at radius 2 is 1.61 bits per heavy atom. The zero-order valence-electron chi connectivity index (χ0n) is 18.3. The second-order valence-electron chi connectivity index (χ2n) is 6.63. The highest BCUT2D eigenvalue weighted by Gasteiger charge is 2.13. The minimum absolute atomic E-state index is 0.226. The number of benzene rings is 3. The van der Waals surface area contributed by atoms with Gasteiger partial charge in [-0.2, -0.15) is 5.10 Å². The van der Waals surface area contributed by atoms with E-state index in [0.717, 1.165) is 0 Å². The number of rotatable bonds is 10. The number of nitrogens with zero attached hydrogens (tertiary/aromatic N) is 1. The highest BCUT2D eigenvalue weighted by Crippen LogP contribution is 2.29. The average molecular weight is 448 g/mol. The summed E-state index contributed by atoms with van der Waals surface area (Å²) in [4.78, 5) is 24.3. The van der Waals surface area contributed by atoms with E-state index >= 15 is 0 Å². The van der Waals surface area contributed by atoms with Crippen molar-refractivity contribution in [2.24, 2.45) is 5.10 Å². The van der Waals surface area contributed by atoms with E-state index in [2.05, 4.69) is 10.5 Å². The minimum Gasteiger partial charge on any atom is -0.493 e. The minimum atomic E-state index is -0.486. The summed E-state index contributed by atoms with van der Waals surface area (Å²) in [5.41, 5.74) is 3.47. The number of nitrogens with one attached hydrogen (secondary N) is 1. The standard InChI is InChI=1S/C25H24N2O6/c1-3-31-23-15-18(13-14-22(23)33-25(29)19-9-5-4-6-10-19)16-26-27-24(28)17-32-21-12-8-7-11-20(21)30-2/h4-16H,3,17H2,1-2H3,(H,27,28)/b26-16+. The van der Waals surface area contributed by atoms with Crippen molar-refractivity contribution in [2.75, 3.05) is 20.3 Å². The summed E-state index contributed by atoms with van der Waals surface area (Å²) in [6, 6.07) is 20.7. The number of ether oxygens (including phenoxy) is 4. The molecule has 0 radical (unpaired) electrons. The molecule has 3 aromatic carbocycles. The van der Waals surface area contributed by atoms with Gasteiger partial charge in [0.1, 0.15) is 0 Å². The number of methoxy groups -OCH3 is 1. The number of carbonyl (C=O) groups is 2. The second-order valence-corrected chi connectivity index (χ2v) is 6.63. The fraction of sp³-hybridized carbons (Fsp3) is 0.160. The van der Waals surface area contributed by atoms with Crippen LogP contribution in [0.15, 0.2) is 77.9 Å². The van der Waals surface area contributed by atoms with Crippen LogP contribution in [0.5, 0.6) is 23.0 Å². The van der Waals surface area contributed by atoms with Crippen LogP contribution < -0.4 is 24.4 Å². The molecule has 0 spiro atoms. The molecule has 3 aromatic rings. The number of hydrogen-bond donors (Lipinski definition) is 1. The lowest BCUT2D eigenvalue weighted by atomic mass is 10.2. The van der Waals surface area contributed by atoms with E-state index in [1.54, 1.807) is 66.7 Å². The SMILES string of the molecule is CCOc1cc(/C=N/NC(=O)COc2ccccc2OC)ccc1OC(=O)c1ccccc1. The van der Waals surface area contributed by atoms with Gasteiger partial charge in [0.15, 0.2) is 29.6 Å². The van der Waals surface area contributed by atoms with Crippen LogP contribution in [0.25, 0.3) is 0 Å². The third-order valence-corrected chi connectivity index (χ3v) is 4.31. The monoisotopic (exact) mass is 448 g/mol. The van der Waals surface area contributed by atoms with Crippen molar-refractivity contribution >= 4 is 18.1 Å². The van der Waals surface area contributed by atoms with Gasteiger partial charge in [-0.15, -0.1) is 0 Å². The van der Waals surface area contributed by atoms with Crippen molar-refractivity contribution in [1.82, 2.24) is 5.43 Å². The third-order valence-electron chi connectivity index (χ3n) is 4.31. The van der Waals surface area contributed by atoms with Crippen LogP contribution >= 0.6 is 0 Å². The van der Waals surface area contributed by atoms with Gasteiger partial charge in [0, 0.05) is 0 Å². The molecule has 1 N–H and O–H groups in total. The Kier molecular flexibility index (Phi) is 8.41. The predicted octanol–water partition coefficient (Wildman–Crippen LogP) is 3.84. The third kappa shape index (κ3) is 6.83. The molecule has 0 atom stereocenters. The van der Waals surface area contributed by atoms with Gasteiger partial charge in [0.25, 0.3) is 5.91 Å². The number of amides is 1. The van der Waals surface area contributed by atoms with Crippen LogP contribution in [0, 0.1) is 0 Å². The maximum absolute atomic E-state index is 12.3. The van der Waals surface area contributed by atoms with E-state index in [0.29, 0.717) is 35.0 Å². The maximum Gasteiger partial charge on any atom is 0.343 e. The highest BCUT2D eigenvalue weighted by molar-refractivity contribution is 5.91. The van der Waals surface area contributed by atoms with Crippen molar-refractivity contribution < 1.29 is 28.5 Å². The molecular weight excluding hydrogens is 424 g/mol. The molecule has 0 aliphatic carbocycles. The van der Waals surface area contributed by atoms with Gasteiger partial charge in [-0.1, -0.05) is 30.3 Å². The molecule has 0 aliphatic heterocycles. The summed E-state index contributed by atoms with van der Waals surface area (Å²) in [5, 5.41) is 3.94. The Hall–Kier alpha value is -4.33. The molecule has 0 saturated carbocycles. The van der Waals surface area contributed by atoms with Gasteiger partial charge in [-0.05, 0) is 55.0 Å². The number of para-hydroxylation sites is 2. The van der Waals surface area contributed by atoms with Gasteiger partial charge in [0.2, 0.25) is 0 Å². The van der Waals surface area contributed by atoms with Crippen molar-refractivity contribution in [3.05, 3.63) is 83.9 Å². The first-order valence-electron chi connectivity index (χ1n) is 10.2. The van der Waals surface area contributed by atoms with Gasteiger partial charge in [-0.25, -0.2) is 10.2 Å². The molecule has 0 aliphatic rings. The van der Waals surface area contributed by atoms with Crippen LogP contribution in [0.2, 0.25) is 0 Å². The number of hydrogen-bond acceptors (Lipinski definition) is 7. The molecule has 0 aromatic heterocycles. The van der Waals surface area contributed by atoms with E-state index in [4.69, 9.17) is 18.9 Å². The summed E-state index contributed by atoms with van der Waals surface area (Å²) in [6.07, 6.45) is 1.45. The average Bonchev–Trinajstić information content (AvgIpc) is 2.85. The molecule has 1 amide bonds. The number of carbonyl (C=O) groups excluding carboxylic acids is 2. The van der Waals surface area contributed by atoms with E-state index in [1.165, 1.54) is 13.3 Å². The van der Waals surface area contributed by atoms with Gasteiger partial charge in [-0.3, -0.25) is 4.79 Å². The van der Waals surface area contributed by atoms with Crippen molar-refractivity contribution in [1.29, 1.82) is 0 Å². The van der Waals surface area contributed by atoms with E-state index in [1.807, 2.05) is 13.0 Å². The molecule has 0 fully saturated rings. The first kappa shape index (κ1) is 23.3. The number of esters is 1. The van der Waals surface area contributed by atoms with Crippen LogP contribution in [0.4, 0.5) is 0 Å². The molecule has 0 heterocycles. The molecule has 0 bridgehead atoms. The molecule has 33 heavy (non-hydrogen) atoms. The van der Waals surface area contributed by atoms with Crippen molar-refractivity contribution in [3.63, 3.8) is 0 Å². The summed E-state index contributed by atoms with van der Waals surface area (Å²) < 4.78 is 21.7. The fourth-order valence-electron chi connectivity index (χ4n) is 2.78. The Morgan fingerprint density at radius 3 is 2.33 bits per heavy atom. The van der Waals surface area contributed by atoms with Crippen LogP contribution in [0.1, 0.15) is 22.8 Å². The summed E-state index contributed by atoms with van der Waals surface area (Å²) in [6.45, 7) is 1.98. The second kappa shape index (κ2) is 11.9. The van der Waals surface area contributed by atoms with Gasteiger partial charge < -0.3 is 18.9 Å². The normalized spacial score (nSPS) is 10.5. The quantitative estimate of drug-likeness (QED) is 0.219. The summed E-state index contributed by atoms with van der Waals surface area (Å²) in [7, 11) is 1.52. The zero-order valence-corrected chi connectivity index (χ0v) is 18.3. The molecule has 0 unspecified atom stereocenters. The molecule has 0 saturated heterocycles. The molecule has 8 heteroatoms. The summed E-state index contributed by atoms with van der Waals surface area (Å²) in [5.74, 6) is 0.746. The largest absolute Gasteiger partial charge is 0.493 e.